The molecule has 0 aliphatic carbocycles. The van der Waals surface area contributed by atoms with Gasteiger partial charge in [0.1, 0.15) is 6.61 Å². The third-order valence-electron chi connectivity index (χ3n) is 4.46. The average Bonchev–Trinajstić information content (AvgIpc) is 2.76. The van der Waals surface area contributed by atoms with Gasteiger partial charge < -0.3 is 9.47 Å². The van der Waals surface area contributed by atoms with Gasteiger partial charge in [-0.1, -0.05) is 35.9 Å². The van der Waals surface area contributed by atoms with Crippen LogP contribution in [0.3, 0.4) is 0 Å². The van der Waals surface area contributed by atoms with Crippen LogP contribution in [-0.2, 0) is 6.61 Å². The fourth-order valence-electron chi connectivity index (χ4n) is 2.85. The van der Waals surface area contributed by atoms with Crippen molar-refractivity contribution in [2.75, 3.05) is 7.11 Å². The number of non-ortho nitro benzene ring substituents is 1. The maximum absolute atomic E-state index is 12.3. The summed E-state index contributed by atoms with van der Waals surface area (Å²) in [6.45, 7) is 2.19. The van der Waals surface area contributed by atoms with Gasteiger partial charge in [-0.3, -0.25) is 14.9 Å². The second-order valence-corrected chi connectivity index (χ2v) is 6.69. The lowest BCUT2D eigenvalue weighted by Crippen LogP contribution is -1.98. The second kappa shape index (κ2) is 9.52. The first-order valence-electron chi connectivity index (χ1n) is 9.29. The molecule has 0 spiro atoms. The summed E-state index contributed by atoms with van der Waals surface area (Å²) in [5.41, 5.74) is 3.31. The molecule has 3 aromatic rings. The van der Waals surface area contributed by atoms with Crippen molar-refractivity contribution < 1.29 is 19.2 Å². The van der Waals surface area contributed by atoms with Crippen LogP contribution < -0.4 is 9.47 Å². The molecule has 0 aliphatic heterocycles. The number of rotatable bonds is 8. The molecule has 0 saturated heterocycles. The molecule has 0 heterocycles. The molecule has 0 atom stereocenters. The highest BCUT2D eigenvalue weighted by Crippen LogP contribution is 2.29. The van der Waals surface area contributed by atoms with Crippen LogP contribution in [0.4, 0.5) is 5.69 Å². The van der Waals surface area contributed by atoms with Crippen LogP contribution in [0.25, 0.3) is 6.08 Å². The van der Waals surface area contributed by atoms with E-state index in [-0.39, 0.29) is 18.1 Å². The standard InChI is InChI=1S/C24H21NO5/c1-17-4-3-5-20(14-17)22(26)12-8-18-9-13-23(24(15-18)29-2)30-16-19-6-10-21(11-7-19)25(27)28/h3-15H,16H2,1-2H3/b12-8+. The Balaban J connectivity index is 1.68. The van der Waals surface area contributed by atoms with E-state index in [0.29, 0.717) is 17.1 Å². The van der Waals surface area contributed by atoms with Gasteiger partial charge in [0, 0.05) is 17.7 Å². The molecular formula is C24H21NO5. The maximum atomic E-state index is 12.3. The number of nitrogens with zero attached hydrogens (tertiary/aromatic N) is 1. The summed E-state index contributed by atoms with van der Waals surface area (Å²) in [7, 11) is 1.54. The quantitative estimate of drug-likeness (QED) is 0.218. The van der Waals surface area contributed by atoms with Gasteiger partial charge in [0.25, 0.3) is 5.69 Å². The zero-order valence-electron chi connectivity index (χ0n) is 16.7. The largest absolute Gasteiger partial charge is 0.493 e. The summed E-state index contributed by atoms with van der Waals surface area (Å²) in [6.07, 6.45) is 3.26. The van der Waals surface area contributed by atoms with Gasteiger partial charge in [-0.05, 0) is 54.5 Å². The van der Waals surface area contributed by atoms with Crippen molar-refractivity contribution in [1.82, 2.24) is 0 Å². The number of carbonyl (C=O) groups excluding carboxylic acids is 1. The minimum Gasteiger partial charge on any atom is -0.493 e. The highest BCUT2D eigenvalue weighted by molar-refractivity contribution is 6.06. The van der Waals surface area contributed by atoms with Crippen LogP contribution >= 0.6 is 0 Å². The number of nitro groups is 1. The lowest BCUT2D eigenvalue weighted by Gasteiger charge is -2.11. The van der Waals surface area contributed by atoms with Crippen molar-refractivity contribution in [1.29, 1.82) is 0 Å². The predicted octanol–water partition coefficient (Wildman–Crippen LogP) is 5.39. The number of methoxy groups -OCH3 is 1. The Morgan fingerprint density at radius 2 is 1.80 bits per heavy atom. The highest BCUT2D eigenvalue weighted by Gasteiger charge is 2.08. The summed E-state index contributed by atoms with van der Waals surface area (Å²) in [5, 5.41) is 10.7. The van der Waals surface area contributed by atoms with Crippen molar-refractivity contribution >= 4 is 17.5 Å². The maximum Gasteiger partial charge on any atom is 0.269 e. The van der Waals surface area contributed by atoms with E-state index < -0.39 is 4.92 Å². The molecule has 0 bridgehead atoms. The zero-order chi connectivity index (χ0) is 21.5. The van der Waals surface area contributed by atoms with Crippen molar-refractivity contribution in [3.63, 3.8) is 0 Å². The Morgan fingerprint density at radius 1 is 1.03 bits per heavy atom. The minimum atomic E-state index is -0.441. The molecule has 0 amide bonds. The number of hydrogen-bond acceptors (Lipinski definition) is 5. The number of hydrogen-bond donors (Lipinski definition) is 0. The van der Waals surface area contributed by atoms with Gasteiger partial charge in [0.2, 0.25) is 0 Å². The van der Waals surface area contributed by atoms with Gasteiger partial charge in [-0.25, -0.2) is 0 Å². The van der Waals surface area contributed by atoms with E-state index in [1.165, 1.54) is 18.2 Å². The van der Waals surface area contributed by atoms with Crippen LogP contribution in [0.15, 0.2) is 72.8 Å². The molecule has 0 radical (unpaired) electrons. The van der Waals surface area contributed by atoms with Crippen molar-refractivity contribution in [2.24, 2.45) is 0 Å². The predicted molar refractivity (Wildman–Crippen MR) is 115 cm³/mol. The fourth-order valence-corrected chi connectivity index (χ4v) is 2.85. The summed E-state index contributed by atoms with van der Waals surface area (Å²) >= 11 is 0. The van der Waals surface area contributed by atoms with Crippen LogP contribution in [-0.4, -0.2) is 17.8 Å². The zero-order valence-corrected chi connectivity index (χ0v) is 16.7. The normalized spacial score (nSPS) is 10.7. The Morgan fingerprint density at radius 3 is 2.47 bits per heavy atom. The molecule has 3 rings (SSSR count). The van der Waals surface area contributed by atoms with E-state index in [2.05, 4.69) is 0 Å². The number of ether oxygens (including phenoxy) is 2. The number of ketones is 1. The molecular weight excluding hydrogens is 382 g/mol. The monoisotopic (exact) mass is 403 g/mol. The summed E-state index contributed by atoms with van der Waals surface area (Å²) in [4.78, 5) is 22.6. The molecule has 6 heteroatoms. The molecule has 0 aliphatic rings. The van der Waals surface area contributed by atoms with Crippen LogP contribution in [0.5, 0.6) is 11.5 Å². The van der Waals surface area contributed by atoms with Crippen molar-refractivity contribution in [3.8, 4) is 11.5 Å². The van der Waals surface area contributed by atoms with E-state index in [1.54, 1.807) is 43.5 Å². The van der Waals surface area contributed by atoms with Crippen molar-refractivity contribution in [3.05, 3.63) is 105 Å². The topological polar surface area (TPSA) is 78.7 Å². The molecule has 30 heavy (non-hydrogen) atoms. The van der Waals surface area contributed by atoms with E-state index in [4.69, 9.17) is 9.47 Å². The first-order chi connectivity index (χ1) is 14.5. The summed E-state index contributed by atoms with van der Waals surface area (Å²) in [6, 6.07) is 19.0. The first-order valence-corrected chi connectivity index (χ1v) is 9.29. The van der Waals surface area contributed by atoms with Gasteiger partial charge in [-0.15, -0.1) is 0 Å². The Bertz CT molecular complexity index is 1090. The summed E-state index contributed by atoms with van der Waals surface area (Å²) in [5.74, 6) is 0.997. The number of aryl methyl sites for hydroxylation is 1. The SMILES string of the molecule is COc1cc(/C=C/C(=O)c2cccc(C)c2)ccc1OCc1ccc([N+](=O)[O-])cc1. The minimum absolute atomic E-state index is 0.0349. The smallest absolute Gasteiger partial charge is 0.269 e. The van der Waals surface area contributed by atoms with E-state index in [1.807, 2.05) is 31.2 Å². The molecule has 0 fully saturated rings. The second-order valence-electron chi connectivity index (χ2n) is 6.69. The Kier molecular flexibility index (Phi) is 6.60. The van der Waals surface area contributed by atoms with Crippen molar-refractivity contribution in [2.45, 2.75) is 13.5 Å². The fraction of sp³-hybridized carbons (Fsp3) is 0.125. The Hall–Kier alpha value is -3.93. The van der Waals surface area contributed by atoms with Crippen LogP contribution in [0.1, 0.15) is 27.0 Å². The summed E-state index contributed by atoms with van der Waals surface area (Å²) < 4.78 is 11.2. The van der Waals surface area contributed by atoms with E-state index in [0.717, 1.165) is 16.7 Å². The van der Waals surface area contributed by atoms with Crippen LogP contribution in [0, 0.1) is 17.0 Å². The molecule has 0 saturated carbocycles. The van der Waals surface area contributed by atoms with Gasteiger partial charge in [0.05, 0.1) is 12.0 Å². The molecule has 0 N–H and O–H groups in total. The Labute approximate surface area is 174 Å². The number of nitro benzene ring substituents is 1. The first kappa shape index (κ1) is 20.8. The number of benzene rings is 3. The van der Waals surface area contributed by atoms with Crippen LogP contribution in [0.2, 0.25) is 0 Å². The average molecular weight is 403 g/mol. The molecule has 3 aromatic carbocycles. The lowest BCUT2D eigenvalue weighted by atomic mass is 10.1. The van der Waals surface area contributed by atoms with Gasteiger partial charge in [0.15, 0.2) is 17.3 Å². The molecule has 0 unspecified atom stereocenters. The molecule has 6 nitrogen and oxygen atoms in total. The van der Waals surface area contributed by atoms with E-state index in [9.17, 15) is 14.9 Å². The van der Waals surface area contributed by atoms with Gasteiger partial charge >= 0.3 is 0 Å². The third kappa shape index (κ3) is 5.32. The highest BCUT2D eigenvalue weighted by atomic mass is 16.6. The number of allylic oxidation sites excluding steroid dienone is 1. The van der Waals surface area contributed by atoms with Gasteiger partial charge in [-0.2, -0.15) is 0 Å². The molecule has 152 valence electrons. The third-order valence-corrected chi connectivity index (χ3v) is 4.46. The molecule has 0 aromatic heterocycles. The van der Waals surface area contributed by atoms with E-state index >= 15 is 0 Å². The lowest BCUT2D eigenvalue weighted by molar-refractivity contribution is -0.384. The number of carbonyl (C=O) groups is 1.